The van der Waals surface area contributed by atoms with E-state index < -0.39 is 6.29 Å². The quantitative estimate of drug-likeness (QED) is 0.105. The molecule has 0 radical (unpaired) electrons. The Labute approximate surface area is 291 Å². The standard InChI is InChI=1S/C41H53N3O5/c1-3-25-44(36-12-7-8-13-36)28-37-26-39(33-18-16-31(29-45)17-19-33)49-41(48-37)34-22-20-32(21-23-34)38-14-9-6-11-35(38)27-43-40(47)15-5-4-10-24-42-30(2)46/h3,6,9,11,14,16-23,36-37,39,41,45H,1,4-5,7-8,10,12-13,15,24-29H2,2H3,(H,42,46)(H,43,47)/t37-,39+,41+/m1/s1. The zero-order valence-corrected chi connectivity index (χ0v) is 28.9. The summed E-state index contributed by atoms with van der Waals surface area (Å²) in [7, 11) is 0. The fraction of sp³-hybridized carbons (Fsp3) is 0.463. The van der Waals surface area contributed by atoms with Gasteiger partial charge in [0.15, 0.2) is 6.29 Å². The minimum Gasteiger partial charge on any atom is -0.392 e. The van der Waals surface area contributed by atoms with E-state index in [0.717, 1.165) is 72.2 Å². The molecule has 3 aromatic rings. The van der Waals surface area contributed by atoms with Crippen LogP contribution in [0.4, 0.5) is 0 Å². The summed E-state index contributed by atoms with van der Waals surface area (Å²) in [4.78, 5) is 26.1. The Bertz CT molecular complexity index is 1490. The summed E-state index contributed by atoms with van der Waals surface area (Å²) in [6.07, 6.45) is 10.1. The molecule has 1 heterocycles. The van der Waals surface area contributed by atoms with Crippen LogP contribution in [-0.2, 0) is 32.2 Å². The number of benzene rings is 3. The molecule has 1 saturated carbocycles. The molecule has 49 heavy (non-hydrogen) atoms. The SMILES string of the molecule is C=CCN(C[C@H]1C[C@@H](c2ccc(CO)cc2)O[C@@H](c2ccc(-c3ccccc3CNC(=O)CCCCCNC(C)=O)cc2)O1)C1CCCC1. The average molecular weight is 668 g/mol. The lowest BCUT2D eigenvalue weighted by Gasteiger charge is -2.39. The number of aliphatic hydroxyl groups is 1. The number of carbonyl (C=O) groups is 2. The van der Waals surface area contributed by atoms with Crippen molar-refractivity contribution in [1.82, 2.24) is 15.5 Å². The lowest BCUT2D eigenvalue weighted by Crippen LogP contribution is -2.43. The summed E-state index contributed by atoms with van der Waals surface area (Å²) >= 11 is 0. The van der Waals surface area contributed by atoms with Crippen LogP contribution in [0.5, 0.6) is 0 Å². The fourth-order valence-corrected chi connectivity index (χ4v) is 7.01. The molecule has 0 unspecified atom stereocenters. The van der Waals surface area contributed by atoms with E-state index in [1.165, 1.54) is 32.6 Å². The van der Waals surface area contributed by atoms with Gasteiger partial charge in [-0.2, -0.15) is 0 Å². The van der Waals surface area contributed by atoms with E-state index in [1.807, 2.05) is 30.3 Å². The molecule has 2 aliphatic rings. The van der Waals surface area contributed by atoms with Crippen LogP contribution >= 0.6 is 0 Å². The van der Waals surface area contributed by atoms with Crippen LogP contribution in [0, 0.1) is 0 Å². The zero-order valence-electron chi connectivity index (χ0n) is 28.9. The minimum absolute atomic E-state index is 0.0111. The molecule has 3 atom stereocenters. The average Bonchev–Trinajstić information content (AvgIpc) is 3.67. The highest BCUT2D eigenvalue weighted by Gasteiger charge is 2.34. The van der Waals surface area contributed by atoms with Gasteiger partial charge in [-0.05, 0) is 53.5 Å². The molecule has 0 aromatic heterocycles. The topological polar surface area (TPSA) is 100 Å². The van der Waals surface area contributed by atoms with Gasteiger partial charge in [0.1, 0.15) is 0 Å². The number of carbonyl (C=O) groups excluding carboxylic acids is 2. The summed E-state index contributed by atoms with van der Waals surface area (Å²) in [5, 5.41) is 15.5. The van der Waals surface area contributed by atoms with Gasteiger partial charge in [-0.15, -0.1) is 6.58 Å². The third-order valence-electron chi connectivity index (χ3n) is 9.70. The van der Waals surface area contributed by atoms with Crippen LogP contribution in [-0.4, -0.2) is 53.6 Å². The van der Waals surface area contributed by atoms with Crippen molar-refractivity contribution in [2.24, 2.45) is 0 Å². The van der Waals surface area contributed by atoms with E-state index >= 15 is 0 Å². The Morgan fingerprint density at radius 2 is 1.65 bits per heavy atom. The van der Waals surface area contributed by atoms with Gasteiger partial charge in [0, 0.05) is 57.5 Å². The molecule has 1 aliphatic heterocycles. The summed E-state index contributed by atoms with van der Waals surface area (Å²) < 4.78 is 13.3. The first-order valence-corrected chi connectivity index (χ1v) is 18.0. The second kappa shape index (κ2) is 18.8. The number of nitrogens with one attached hydrogen (secondary N) is 2. The summed E-state index contributed by atoms with van der Waals surface area (Å²) in [6.45, 7) is 8.35. The van der Waals surface area contributed by atoms with E-state index in [9.17, 15) is 14.7 Å². The maximum absolute atomic E-state index is 12.6. The largest absolute Gasteiger partial charge is 0.392 e. The molecule has 3 N–H and O–H groups in total. The Morgan fingerprint density at radius 1 is 0.918 bits per heavy atom. The second-order valence-corrected chi connectivity index (χ2v) is 13.4. The zero-order chi connectivity index (χ0) is 34.4. The summed E-state index contributed by atoms with van der Waals surface area (Å²) in [5.74, 6) is 0.0113. The molecule has 0 spiro atoms. The third-order valence-corrected chi connectivity index (χ3v) is 9.70. The van der Waals surface area contributed by atoms with Crippen LogP contribution in [0.25, 0.3) is 11.1 Å². The fourth-order valence-electron chi connectivity index (χ4n) is 7.01. The van der Waals surface area contributed by atoms with Crippen molar-refractivity contribution in [1.29, 1.82) is 0 Å². The van der Waals surface area contributed by atoms with E-state index in [0.29, 0.717) is 25.6 Å². The van der Waals surface area contributed by atoms with Crippen molar-refractivity contribution in [2.45, 2.75) is 102 Å². The number of amides is 2. The van der Waals surface area contributed by atoms with Crippen LogP contribution in [0.1, 0.15) is 99.4 Å². The maximum Gasteiger partial charge on any atom is 0.220 e. The number of aliphatic hydroxyl groups excluding tert-OH is 1. The van der Waals surface area contributed by atoms with Crippen molar-refractivity contribution in [2.75, 3.05) is 19.6 Å². The molecule has 2 fully saturated rings. The van der Waals surface area contributed by atoms with Crippen LogP contribution in [0.3, 0.4) is 0 Å². The maximum atomic E-state index is 12.6. The highest BCUT2D eigenvalue weighted by molar-refractivity contribution is 5.76. The van der Waals surface area contributed by atoms with Crippen LogP contribution in [0.2, 0.25) is 0 Å². The summed E-state index contributed by atoms with van der Waals surface area (Å²) in [6, 6.07) is 25.2. The third kappa shape index (κ3) is 10.8. The number of hydrogen-bond acceptors (Lipinski definition) is 6. The molecular formula is C41H53N3O5. The first kappa shape index (κ1) is 36.5. The van der Waals surface area contributed by atoms with Gasteiger partial charge in [0.2, 0.25) is 11.8 Å². The highest BCUT2D eigenvalue weighted by Crippen LogP contribution is 2.39. The van der Waals surface area contributed by atoms with Gasteiger partial charge in [-0.3, -0.25) is 14.5 Å². The lowest BCUT2D eigenvalue weighted by molar-refractivity contribution is -0.253. The minimum atomic E-state index is -0.516. The predicted molar refractivity (Wildman–Crippen MR) is 193 cm³/mol. The number of rotatable bonds is 17. The van der Waals surface area contributed by atoms with Crippen molar-refractivity contribution < 1.29 is 24.2 Å². The molecule has 1 saturated heterocycles. The van der Waals surface area contributed by atoms with Gasteiger partial charge in [-0.1, -0.05) is 98.1 Å². The van der Waals surface area contributed by atoms with Crippen molar-refractivity contribution >= 4 is 11.8 Å². The Morgan fingerprint density at radius 3 is 2.37 bits per heavy atom. The van der Waals surface area contributed by atoms with Gasteiger partial charge >= 0.3 is 0 Å². The van der Waals surface area contributed by atoms with Gasteiger partial charge < -0.3 is 25.2 Å². The molecule has 8 heteroatoms. The number of nitrogens with zero attached hydrogens (tertiary/aromatic N) is 1. The van der Waals surface area contributed by atoms with Crippen LogP contribution in [0.15, 0.2) is 85.5 Å². The van der Waals surface area contributed by atoms with Gasteiger partial charge in [0.25, 0.3) is 0 Å². The molecule has 0 bridgehead atoms. The second-order valence-electron chi connectivity index (χ2n) is 13.4. The van der Waals surface area contributed by atoms with Crippen molar-refractivity contribution in [3.8, 4) is 11.1 Å². The first-order valence-electron chi connectivity index (χ1n) is 18.0. The Kier molecular flexibility index (Phi) is 14.0. The molecule has 8 nitrogen and oxygen atoms in total. The molecule has 1 aliphatic carbocycles. The predicted octanol–water partition coefficient (Wildman–Crippen LogP) is 7.13. The van der Waals surface area contributed by atoms with Gasteiger partial charge in [-0.25, -0.2) is 0 Å². The smallest absolute Gasteiger partial charge is 0.220 e. The number of ether oxygens (including phenoxy) is 2. The normalized spacial score (nSPS) is 19.5. The van der Waals surface area contributed by atoms with Crippen molar-refractivity contribution in [3.05, 3.63) is 108 Å². The summed E-state index contributed by atoms with van der Waals surface area (Å²) in [5.41, 5.74) is 6.13. The Balaban J connectivity index is 1.25. The van der Waals surface area contributed by atoms with E-state index in [2.05, 4.69) is 70.6 Å². The number of unbranched alkanes of at least 4 members (excludes halogenated alkanes) is 2. The molecular weight excluding hydrogens is 614 g/mol. The first-order chi connectivity index (χ1) is 23.9. The van der Waals surface area contributed by atoms with Crippen LogP contribution < -0.4 is 10.6 Å². The molecule has 5 rings (SSSR count). The highest BCUT2D eigenvalue weighted by atomic mass is 16.7. The van der Waals surface area contributed by atoms with E-state index in [4.69, 9.17) is 9.47 Å². The monoisotopic (exact) mass is 667 g/mol. The Hall–Kier alpha value is -3.82. The van der Waals surface area contributed by atoms with Crippen molar-refractivity contribution in [3.63, 3.8) is 0 Å². The lowest BCUT2D eigenvalue weighted by atomic mass is 9.97. The number of hydrogen-bond donors (Lipinski definition) is 3. The molecule has 262 valence electrons. The van der Waals surface area contributed by atoms with E-state index in [-0.39, 0.29) is 30.6 Å². The van der Waals surface area contributed by atoms with Gasteiger partial charge in [0.05, 0.1) is 18.8 Å². The molecule has 3 aromatic carbocycles. The molecule has 2 amide bonds. The van der Waals surface area contributed by atoms with E-state index in [1.54, 1.807) is 0 Å².